The molecule has 0 saturated heterocycles. The molecule has 0 aromatic carbocycles. The summed E-state index contributed by atoms with van der Waals surface area (Å²) in [7, 11) is 0. The van der Waals surface area contributed by atoms with Gasteiger partial charge < -0.3 is 0 Å². The zero-order chi connectivity index (χ0) is 50.6. The van der Waals surface area contributed by atoms with Crippen LogP contribution in [0.3, 0.4) is 0 Å². The van der Waals surface area contributed by atoms with Gasteiger partial charge in [-0.25, -0.2) is 0 Å². The Morgan fingerprint density at radius 1 is 0.385 bits per heavy atom. The summed E-state index contributed by atoms with van der Waals surface area (Å²) < 4.78 is 0. The molecule has 0 aromatic heterocycles. The van der Waals surface area contributed by atoms with Gasteiger partial charge >= 0.3 is 0 Å². The van der Waals surface area contributed by atoms with Crippen molar-refractivity contribution >= 4 is 0 Å². The van der Waals surface area contributed by atoms with E-state index in [2.05, 4.69) is 199 Å². The van der Waals surface area contributed by atoms with E-state index >= 15 is 0 Å². The van der Waals surface area contributed by atoms with E-state index in [1.54, 1.807) is 0 Å². The maximum Gasteiger partial charge on any atom is -0.0244 e. The zero-order valence-electron chi connectivity index (χ0n) is 50.3. The first-order chi connectivity index (χ1) is 29.1. The van der Waals surface area contributed by atoms with Gasteiger partial charge in [0.2, 0.25) is 0 Å². The van der Waals surface area contributed by atoms with Crippen LogP contribution in [0, 0.1) is 114 Å². The molecule has 0 nitrogen and oxygen atoms in total. The van der Waals surface area contributed by atoms with Crippen LogP contribution in [0.4, 0.5) is 0 Å². The maximum absolute atomic E-state index is 2.56. The Labute approximate surface area is 413 Å². The van der Waals surface area contributed by atoms with Crippen molar-refractivity contribution in [2.45, 2.75) is 290 Å². The van der Waals surface area contributed by atoms with Crippen LogP contribution in [-0.2, 0) is 0 Å². The lowest BCUT2D eigenvalue weighted by Crippen LogP contribution is -2.49. The van der Waals surface area contributed by atoms with Crippen molar-refractivity contribution in [1.82, 2.24) is 0 Å². The summed E-state index contributed by atoms with van der Waals surface area (Å²) in [5.74, 6) is 10.2. The van der Waals surface area contributed by atoms with Crippen molar-refractivity contribution in [2.24, 2.45) is 114 Å². The quantitative estimate of drug-likeness (QED) is 0.230. The second kappa shape index (κ2) is 22.9. The van der Waals surface area contributed by atoms with Gasteiger partial charge in [0, 0.05) is 0 Å². The number of hydrogen-bond acceptors (Lipinski definition) is 0. The van der Waals surface area contributed by atoms with Gasteiger partial charge in [0.05, 0.1) is 0 Å². The smallest absolute Gasteiger partial charge is 0.0244 e. The molecule has 5 rings (SSSR count). The second-order valence-electron chi connectivity index (χ2n) is 33.0. The molecule has 0 aliphatic heterocycles. The Morgan fingerprint density at radius 3 is 1.00 bits per heavy atom. The van der Waals surface area contributed by atoms with E-state index < -0.39 is 0 Å². The number of fused-ring (bicyclic) bond motifs is 2. The minimum absolute atomic E-state index is 0.410. The van der Waals surface area contributed by atoms with Gasteiger partial charge in [-0.15, -0.1) is 0 Å². The lowest BCUT2D eigenvalue weighted by Gasteiger charge is -2.57. The first kappa shape index (κ1) is 60.9. The van der Waals surface area contributed by atoms with Gasteiger partial charge in [-0.3, -0.25) is 0 Å². The third kappa shape index (κ3) is 17.5. The van der Waals surface area contributed by atoms with E-state index in [1.165, 1.54) is 103 Å². The summed E-state index contributed by atoms with van der Waals surface area (Å²) in [6, 6.07) is 0. The summed E-state index contributed by atoms with van der Waals surface area (Å²) >= 11 is 0. The number of rotatable bonds is 1. The third-order valence-electron chi connectivity index (χ3n) is 19.6. The van der Waals surface area contributed by atoms with Gasteiger partial charge in [0.25, 0.3) is 0 Å². The summed E-state index contributed by atoms with van der Waals surface area (Å²) in [6.07, 6.45) is 27.6. The largest absolute Gasteiger partial charge is 0.0885 e. The minimum atomic E-state index is 0.410. The highest BCUT2D eigenvalue weighted by Crippen LogP contribution is 2.63. The summed E-state index contributed by atoms with van der Waals surface area (Å²) in [6.45, 7) is 66.0. The zero-order valence-corrected chi connectivity index (χ0v) is 50.3. The highest BCUT2D eigenvalue weighted by Gasteiger charge is 2.55. The molecule has 0 heteroatoms. The summed E-state index contributed by atoms with van der Waals surface area (Å²) in [5, 5.41) is 0. The van der Waals surface area contributed by atoms with Crippen molar-refractivity contribution in [3.63, 3.8) is 0 Å². The Morgan fingerprint density at radius 2 is 0.723 bits per heavy atom. The molecule has 11 unspecified atom stereocenters. The Kier molecular flexibility index (Phi) is 21.4. The highest BCUT2D eigenvalue weighted by atomic mass is 14.6. The van der Waals surface area contributed by atoms with Crippen LogP contribution in [0.1, 0.15) is 290 Å². The van der Waals surface area contributed by atoms with Crippen LogP contribution in [0.25, 0.3) is 0 Å². The van der Waals surface area contributed by atoms with E-state index in [0.29, 0.717) is 48.7 Å². The fourth-order valence-corrected chi connectivity index (χ4v) is 15.8. The fourth-order valence-electron chi connectivity index (χ4n) is 15.8. The molecule has 11 atom stereocenters. The fraction of sp³-hybridized carbons (Fsp3) is 0.969. The van der Waals surface area contributed by atoms with Crippen LogP contribution in [0.2, 0.25) is 0 Å². The molecule has 0 N–H and O–H groups in total. The standard InChI is InChI=1S/C18H36.C16H32.C16H30.C15H28/c1-13(2)14-10-11-18(9,17(6,7)8)15(12-14)16(3,4)5;2*1-15(2,3)13-11-9-7-8-10-12-14(13)16(4,5)6;1-14(2,3)12-10-7-8-11(9-10)13(12)15(4,5)6/h13-15H,10-12H2,1-9H3;13-14H,7-12H2,1-6H3;7-8,13-14H,9-12H2,1-6H3;10-13H,7-9H2,1-6H3. The molecule has 5 aliphatic carbocycles. The van der Waals surface area contributed by atoms with Crippen LogP contribution in [0.15, 0.2) is 12.2 Å². The van der Waals surface area contributed by atoms with Gasteiger partial charge in [0.15, 0.2) is 0 Å². The molecule has 65 heavy (non-hydrogen) atoms. The SMILES string of the molecule is CC(C)(C)C1C2CCC(C2)C1C(C)(C)C.CC(C)(C)C1CCC=CCCC1C(C)(C)C.CC(C)(C)C1CCCCCCC1C(C)(C)C.CC(C)C1CCC(C)(C(C)(C)C)C(C(C)(C)C)C1. The monoisotopic (exact) mass is 907 g/mol. The molecule has 0 amide bonds. The van der Waals surface area contributed by atoms with Gasteiger partial charge in [-0.05, 0) is 191 Å². The average molecular weight is 908 g/mol. The average Bonchev–Trinajstić information content (AvgIpc) is 3.68. The normalized spacial score (nSPS) is 33.5. The molecular weight excluding hydrogens is 781 g/mol. The predicted molar refractivity (Wildman–Crippen MR) is 296 cm³/mol. The third-order valence-corrected chi connectivity index (χ3v) is 19.6. The van der Waals surface area contributed by atoms with Crippen LogP contribution in [0.5, 0.6) is 0 Å². The van der Waals surface area contributed by atoms with E-state index in [4.69, 9.17) is 0 Å². The molecular formula is C65H126. The Balaban J connectivity index is 0.000000298. The minimum Gasteiger partial charge on any atom is -0.0885 e. The Bertz CT molecular complexity index is 1300. The van der Waals surface area contributed by atoms with E-state index in [0.717, 1.165) is 65.1 Å². The van der Waals surface area contributed by atoms with Crippen molar-refractivity contribution in [2.75, 3.05) is 0 Å². The number of allylic oxidation sites excluding steroid dienone is 2. The Hall–Kier alpha value is -0.260. The molecule has 0 radical (unpaired) electrons. The number of hydrogen-bond donors (Lipinski definition) is 0. The van der Waals surface area contributed by atoms with Crippen LogP contribution in [-0.4, -0.2) is 0 Å². The van der Waals surface area contributed by atoms with Crippen molar-refractivity contribution in [3.05, 3.63) is 12.2 Å². The first-order valence-corrected chi connectivity index (χ1v) is 28.7. The summed E-state index contributed by atoms with van der Waals surface area (Å²) in [5.41, 5.74) is 4.20. The van der Waals surface area contributed by atoms with Crippen molar-refractivity contribution in [3.8, 4) is 0 Å². The lowest BCUT2D eigenvalue weighted by atomic mass is 9.48. The van der Waals surface area contributed by atoms with Crippen molar-refractivity contribution < 1.29 is 0 Å². The summed E-state index contributed by atoms with van der Waals surface area (Å²) in [4.78, 5) is 0. The first-order valence-electron chi connectivity index (χ1n) is 28.7. The molecule has 386 valence electrons. The highest BCUT2D eigenvalue weighted by molar-refractivity contribution is 5.04. The maximum atomic E-state index is 2.56. The van der Waals surface area contributed by atoms with Crippen LogP contribution < -0.4 is 0 Å². The van der Waals surface area contributed by atoms with E-state index in [-0.39, 0.29) is 0 Å². The van der Waals surface area contributed by atoms with Gasteiger partial charge in [-0.1, -0.05) is 225 Å². The van der Waals surface area contributed by atoms with Crippen LogP contribution >= 0.6 is 0 Å². The molecule has 4 fully saturated rings. The van der Waals surface area contributed by atoms with E-state index in [9.17, 15) is 0 Å². The molecule has 0 heterocycles. The van der Waals surface area contributed by atoms with Gasteiger partial charge in [0.1, 0.15) is 0 Å². The molecule has 4 saturated carbocycles. The van der Waals surface area contributed by atoms with Gasteiger partial charge in [-0.2, -0.15) is 0 Å². The molecule has 2 bridgehead atoms. The second-order valence-corrected chi connectivity index (χ2v) is 33.0. The van der Waals surface area contributed by atoms with Crippen molar-refractivity contribution in [1.29, 1.82) is 0 Å². The van der Waals surface area contributed by atoms with E-state index in [1.807, 2.05) is 0 Å². The predicted octanol–water partition coefficient (Wildman–Crippen LogP) is 22.0. The molecule has 5 aliphatic rings. The topological polar surface area (TPSA) is 0 Å². The molecule has 0 aromatic rings. The molecule has 0 spiro atoms. The lowest BCUT2D eigenvalue weighted by molar-refractivity contribution is -0.0787.